The van der Waals surface area contributed by atoms with Gasteiger partial charge in [-0.25, -0.2) is 0 Å². The van der Waals surface area contributed by atoms with Gasteiger partial charge in [0.2, 0.25) is 0 Å². The van der Waals surface area contributed by atoms with Gasteiger partial charge in [0.05, 0.1) is 11.6 Å². The standard InChI is InChI=1S/C17H16N2O/c20-17-14(10-15-8-4-5-9-19-15)11-18-12-16(17)13-6-2-1-3-7-13/h1-10,16,18H,11-12H2. The molecule has 3 rings (SSSR count). The summed E-state index contributed by atoms with van der Waals surface area (Å²) in [6.45, 7) is 1.31. The molecule has 1 aromatic carbocycles. The van der Waals surface area contributed by atoms with Crippen LogP contribution in [0.4, 0.5) is 0 Å². The van der Waals surface area contributed by atoms with Crippen molar-refractivity contribution in [1.82, 2.24) is 10.3 Å². The summed E-state index contributed by atoms with van der Waals surface area (Å²) in [5.74, 6) is 0.0977. The fourth-order valence-electron chi connectivity index (χ4n) is 2.47. The number of hydrogen-bond donors (Lipinski definition) is 1. The lowest BCUT2D eigenvalue weighted by molar-refractivity contribution is -0.117. The Balaban J connectivity index is 1.88. The first-order valence-electron chi connectivity index (χ1n) is 6.76. The van der Waals surface area contributed by atoms with Gasteiger partial charge in [0.25, 0.3) is 0 Å². The van der Waals surface area contributed by atoms with Crippen molar-refractivity contribution in [2.24, 2.45) is 0 Å². The van der Waals surface area contributed by atoms with Crippen molar-refractivity contribution in [3.8, 4) is 0 Å². The number of piperidine rings is 1. The maximum absolute atomic E-state index is 12.6. The van der Waals surface area contributed by atoms with Crippen LogP contribution in [0.1, 0.15) is 17.2 Å². The number of nitrogens with zero attached hydrogens (tertiary/aromatic N) is 1. The number of Topliss-reactive ketones (excluding diaryl/α,β-unsaturated/α-hetero) is 1. The third kappa shape index (κ3) is 2.68. The molecule has 0 spiro atoms. The first-order valence-corrected chi connectivity index (χ1v) is 6.76. The van der Waals surface area contributed by atoms with Crippen molar-refractivity contribution in [3.05, 3.63) is 71.6 Å². The van der Waals surface area contributed by atoms with Gasteiger partial charge >= 0.3 is 0 Å². The van der Waals surface area contributed by atoms with Crippen LogP contribution in [0, 0.1) is 0 Å². The van der Waals surface area contributed by atoms with Crippen LogP contribution in [-0.2, 0) is 4.79 Å². The van der Waals surface area contributed by atoms with Crippen LogP contribution in [0.2, 0.25) is 0 Å². The molecule has 1 atom stereocenters. The van der Waals surface area contributed by atoms with Crippen molar-refractivity contribution < 1.29 is 4.79 Å². The molecule has 2 heterocycles. The Bertz CT molecular complexity index is 620. The average Bonchev–Trinajstić information content (AvgIpc) is 2.51. The highest BCUT2D eigenvalue weighted by atomic mass is 16.1. The summed E-state index contributed by atoms with van der Waals surface area (Å²) >= 11 is 0. The van der Waals surface area contributed by atoms with Crippen molar-refractivity contribution in [2.75, 3.05) is 13.1 Å². The molecule has 1 N–H and O–H groups in total. The highest BCUT2D eigenvalue weighted by Gasteiger charge is 2.27. The molecule has 0 bridgehead atoms. The second kappa shape index (κ2) is 5.80. The lowest BCUT2D eigenvalue weighted by Crippen LogP contribution is -2.37. The van der Waals surface area contributed by atoms with E-state index in [0.717, 1.165) is 16.8 Å². The quantitative estimate of drug-likeness (QED) is 0.847. The SMILES string of the molecule is O=C1C(=Cc2ccccn2)CNCC1c1ccccc1. The molecule has 0 saturated carbocycles. The average molecular weight is 264 g/mol. The summed E-state index contributed by atoms with van der Waals surface area (Å²) in [5, 5.41) is 3.32. The molecule has 1 unspecified atom stereocenters. The molecule has 20 heavy (non-hydrogen) atoms. The highest BCUT2D eigenvalue weighted by Crippen LogP contribution is 2.23. The number of rotatable bonds is 2. The van der Waals surface area contributed by atoms with E-state index in [4.69, 9.17) is 0 Å². The highest BCUT2D eigenvalue weighted by molar-refractivity contribution is 6.04. The Morgan fingerprint density at radius 3 is 2.65 bits per heavy atom. The van der Waals surface area contributed by atoms with Crippen molar-refractivity contribution >= 4 is 11.9 Å². The Labute approximate surface area is 118 Å². The monoisotopic (exact) mass is 264 g/mol. The van der Waals surface area contributed by atoms with Crippen LogP contribution in [-0.4, -0.2) is 23.9 Å². The molecule has 1 saturated heterocycles. The predicted molar refractivity (Wildman–Crippen MR) is 79.3 cm³/mol. The van der Waals surface area contributed by atoms with Gasteiger partial charge in [-0.15, -0.1) is 0 Å². The van der Waals surface area contributed by atoms with Gasteiger partial charge in [-0.1, -0.05) is 36.4 Å². The molecular formula is C17H16N2O. The minimum atomic E-state index is -0.0973. The first-order chi connectivity index (χ1) is 9.84. The third-order valence-electron chi connectivity index (χ3n) is 3.51. The maximum Gasteiger partial charge on any atom is 0.168 e. The number of benzene rings is 1. The van der Waals surface area contributed by atoms with E-state index in [0.29, 0.717) is 13.1 Å². The third-order valence-corrected chi connectivity index (χ3v) is 3.51. The van der Waals surface area contributed by atoms with E-state index in [1.165, 1.54) is 0 Å². The number of pyridine rings is 1. The van der Waals surface area contributed by atoms with Gasteiger partial charge in [-0.3, -0.25) is 9.78 Å². The van der Waals surface area contributed by atoms with Crippen LogP contribution < -0.4 is 5.32 Å². The number of ketones is 1. The zero-order valence-electron chi connectivity index (χ0n) is 11.1. The first kappa shape index (κ1) is 12.8. The van der Waals surface area contributed by atoms with Crippen LogP contribution in [0.25, 0.3) is 6.08 Å². The molecular weight excluding hydrogens is 248 g/mol. The number of nitrogens with one attached hydrogen (secondary N) is 1. The van der Waals surface area contributed by atoms with Gasteiger partial charge in [-0.2, -0.15) is 0 Å². The molecule has 0 amide bonds. The molecule has 1 aliphatic rings. The summed E-state index contributed by atoms with van der Waals surface area (Å²) in [4.78, 5) is 16.8. The number of hydrogen-bond acceptors (Lipinski definition) is 3. The number of carbonyl (C=O) groups excluding carboxylic acids is 1. The number of aromatic nitrogens is 1. The van der Waals surface area contributed by atoms with E-state index in [1.807, 2.05) is 54.6 Å². The molecule has 2 aromatic rings. The maximum atomic E-state index is 12.6. The molecule has 100 valence electrons. The second-order valence-electron chi connectivity index (χ2n) is 4.88. The van der Waals surface area contributed by atoms with Crippen molar-refractivity contribution in [2.45, 2.75) is 5.92 Å². The van der Waals surface area contributed by atoms with E-state index in [-0.39, 0.29) is 11.7 Å². The number of carbonyl (C=O) groups is 1. The smallest absolute Gasteiger partial charge is 0.168 e. The zero-order chi connectivity index (χ0) is 13.8. The van der Waals surface area contributed by atoms with E-state index >= 15 is 0 Å². The molecule has 0 aliphatic carbocycles. The molecule has 3 nitrogen and oxygen atoms in total. The summed E-state index contributed by atoms with van der Waals surface area (Å²) < 4.78 is 0. The molecule has 1 aromatic heterocycles. The lowest BCUT2D eigenvalue weighted by Gasteiger charge is -2.24. The summed E-state index contributed by atoms with van der Waals surface area (Å²) in [7, 11) is 0. The van der Waals surface area contributed by atoms with Crippen LogP contribution >= 0.6 is 0 Å². The lowest BCUT2D eigenvalue weighted by atomic mass is 9.87. The summed E-state index contributed by atoms with van der Waals surface area (Å²) in [6.07, 6.45) is 3.62. The van der Waals surface area contributed by atoms with E-state index < -0.39 is 0 Å². The molecule has 1 aliphatic heterocycles. The summed E-state index contributed by atoms with van der Waals surface area (Å²) in [5.41, 5.74) is 2.69. The van der Waals surface area contributed by atoms with Crippen LogP contribution in [0.3, 0.4) is 0 Å². The van der Waals surface area contributed by atoms with Gasteiger partial charge in [0.1, 0.15) is 0 Å². The zero-order valence-corrected chi connectivity index (χ0v) is 11.1. The van der Waals surface area contributed by atoms with Crippen LogP contribution in [0.5, 0.6) is 0 Å². The minimum absolute atomic E-state index is 0.0973. The Morgan fingerprint density at radius 2 is 1.90 bits per heavy atom. The fourth-order valence-corrected chi connectivity index (χ4v) is 2.47. The second-order valence-corrected chi connectivity index (χ2v) is 4.88. The van der Waals surface area contributed by atoms with Crippen molar-refractivity contribution in [3.63, 3.8) is 0 Å². The van der Waals surface area contributed by atoms with E-state index in [1.54, 1.807) is 6.20 Å². The van der Waals surface area contributed by atoms with Gasteiger partial charge in [0, 0.05) is 24.9 Å². The Hall–Kier alpha value is -2.26. The van der Waals surface area contributed by atoms with Crippen molar-refractivity contribution in [1.29, 1.82) is 0 Å². The Kier molecular flexibility index (Phi) is 3.70. The Morgan fingerprint density at radius 1 is 1.10 bits per heavy atom. The minimum Gasteiger partial charge on any atom is -0.311 e. The fraction of sp³-hybridized carbons (Fsp3) is 0.176. The van der Waals surface area contributed by atoms with Gasteiger partial charge < -0.3 is 5.32 Å². The molecule has 3 heteroatoms. The normalized spacial score (nSPS) is 21.1. The molecule has 0 radical (unpaired) electrons. The van der Waals surface area contributed by atoms with Crippen LogP contribution in [0.15, 0.2) is 60.3 Å². The van der Waals surface area contributed by atoms with Gasteiger partial charge in [-0.05, 0) is 23.8 Å². The summed E-state index contributed by atoms with van der Waals surface area (Å²) in [6, 6.07) is 15.6. The largest absolute Gasteiger partial charge is 0.311 e. The molecule has 1 fully saturated rings. The van der Waals surface area contributed by atoms with Gasteiger partial charge in [0.15, 0.2) is 5.78 Å². The topological polar surface area (TPSA) is 42.0 Å². The predicted octanol–water partition coefficient (Wildman–Crippen LogP) is 2.42. The van der Waals surface area contributed by atoms with E-state index in [9.17, 15) is 4.79 Å². The van der Waals surface area contributed by atoms with E-state index in [2.05, 4.69) is 10.3 Å².